The van der Waals surface area contributed by atoms with Crippen molar-refractivity contribution >= 4 is 35.2 Å². The molecule has 1 aliphatic carbocycles. The van der Waals surface area contributed by atoms with Gasteiger partial charge in [-0.15, -0.1) is 11.8 Å². The second-order valence-corrected chi connectivity index (χ2v) is 9.78. The molecular weight excluding hydrogens is 417 g/mol. The largest absolute Gasteiger partial charge is 0.353 e. The van der Waals surface area contributed by atoms with E-state index in [-0.39, 0.29) is 46.5 Å². The van der Waals surface area contributed by atoms with Gasteiger partial charge in [0.05, 0.1) is 11.0 Å². The predicted molar refractivity (Wildman–Crippen MR) is 121 cm³/mol. The molecule has 3 amide bonds. The zero-order valence-electron chi connectivity index (χ0n) is 18.1. The number of benzene rings is 1. The number of piperidine rings is 1. The molecule has 170 valence electrons. The Morgan fingerprint density at radius 3 is 2.35 bits per heavy atom. The van der Waals surface area contributed by atoms with Crippen molar-refractivity contribution in [2.45, 2.75) is 63.2 Å². The summed E-state index contributed by atoms with van der Waals surface area (Å²) in [6, 6.07) is 5.72. The Labute approximate surface area is 187 Å². The van der Waals surface area contributed by atoms with Gasteiger partial charge in [0.15, 0.2) is 0 Å². The molecule has 1 aliphatic heterocycles. The van der Waals surface area contributed by atoms with Crippen LogP contribution in [0.2, 0.25) is 0 Å². The highest BCUT2D eigenvalue weighted by molar-refractivity contribution is 8.01. The Morgan fingerprint density at radius 1 is 1.06 bits per heavy atom. The van der Waals surface area contributed by atoms with E-state index in [1.165, 1.54) is 42.4 Å². The van der Waals surface area contributed by atoms with Crippen LogP contribution in [0.25, 0.3) is 0 Å². The summed E-state index contributed by atoms with van der Waals surface area (Å²) in [4.78, 5) is 39.1. The number of hydrogen-bond acceptors (Lipinski definition) is 4. The van der Waals surface area contributed by atoms with E-state index in [1.807, 2.05) is 11.8 Å². The fourth-order valence-electron chi connectivity index (χ4n) is 4.19. The van der Waals surface area contributed by atoms with Gasteiger partial charge in [0, 0.05) is 30.7 Å². The summed E-state index contributed by atoms with van der Waals surface area (Å²) in [6.45, 7) is 3.07. The third-order valence-corrected chi connectivity index (χ3v) is 7.20. The maximum Gasteiger partial charge on any atom is 0.235 e. The first kappa shape index (κ1) is 23.6. The molecule has 0 radical (unpaired) electrons. The number of thioether (sulfide) groups is 1. The van der Waals surface area contributed by atoms with Gasteiger partial charge in [-0.25, -0.2) is 4.39 Å². The molecule has 1 aromatic rings. The number of nitrogens with one attached hydrogen (secondary N) is 2. The van der Waals surface area contributed by atoms with Crippen LogP contribution in [-0.2, 0) is 14.4 Å². The van der Waals surface area contributed by atoms with Crippen LogP contribution < -0.4 is 10.6 Å². The Kier molecular flexibility index (Phi) is 8.75. The topological polar surface area (TPSA) is 78.5 Å². The minimum atomic E-state index is -0.357. The van der Waals surface area contributed by atoms with Crippen molar-refractivity contribution in [1.29, 1.82) is 0 Å². The van der Waals surface area contributed by atoms with E-state index in [4.69, 9.17) is 0 Å². The summed E-state index contributed by atoms with van der Waals surface area (Å²) in [6.07, 6.45) is 7.04. The first-order valence-corrected chi connectivity index (χ1v) is 12.2. The van der Waals surface area contributed by atoms with Crippen LogP contribution in [0, 0.1) is 11.7 Å². The minimum Gasteiger partial charge on any atom is -0.353 e. The SMILES string of the molecule is CC(SCC(=O)Nc1ccc(F)cc1)C(=O)N1CCC(NC(=O)C2CCCCC2)CC1. The number of halogens is 1. The Balaban J connectivity index is 1.35. The van der Waals surface area contributed by atoms with E-state index >= 15 is 0 Å². The lowest BCUT2D eigenvalue weighted by Crippen LogP contribution is -2.49. The molecule has 8 heteroatoms. The van der Waals surface area contributed by atoms with Crippen molar-refractivity contribution in [2.24, 2.45) is 5.92 Å². The van der Waals surface area contributed by atoms with Gasteiger partial charge in [0.25, 0.3) is 0 Å². The number of carbonyl (C=O) groups excluding carboxylic acids is 3. The lowest BCUT2D eigenvalue weighted by molar-refractivity contribution is -0.131. The highest BCUT2D eigenvalue weighted by Gasteiger charge is 2.29. The van der Waals surface area contributed by atoms with Gasteiger partial charge in [-0.05, 0) is 56.9 Å². The summed E-state index contributed by atoms with van der Waals surface area (Å²) in [5.41, 5.74) is 0.531. The molecule has 0 spiro atoms. The minimum absolute atomic E-state index is 0.0247. The standard InChI is InChI=1S/C23H32FN3O3S/c1-16(31-15-21(28)25-19-9-7-18(24)8-10-19)23(30)27-13-11-20(12-14-27)26-22(29)17-5-3-2-4-6-17/h7-10,16-17,20H,2-6,11-15H2,1H3,(H,25,28)(H,26,29). The molecule has 3 rings (SSSR count). The van der Waals surface area contributed by atoms with Crippen LogP contribution >= 0.6 is 11.8 Å². The molecule has 1 unspecified atom stereocenters. The molecule has 1 atom stereocenters. The predicted octanol–water partition coefficient (Wildman–Crippen LogP) is 3.57. The van der Waals surface area contributed by atoms with Gasteiger partial charge in [-0.3, -0.25) is 14.4 Å². The number of rotatable bonds is 7. The van der Waals surface area contributed by atoms with Crippen molar-refractivity contribution in [3.8, 4) is 0 Å². The second-order valence-electron chi connectivity index (χ2n) is 8.45. The Hall–Kier alpha value is -2.09. The van der Waals surface area contributed by atoms with E-state index in [0.717, 1.165) is 38.5 Å². The van der Waals surface area contributed by atoms with E-state index in [1.54, 1.807) is 0 Å². The van der Waals surface area contributed by atoms with E-state index in [2.05, 4.69) is 10.6 Å². The monoisotopic (exact) mass is 449 g/mol. The number of amides is 3. The molecule has 1 saturated heterocycles. The molecule has 31 heavy (non-hydrogen) atoms. The number of hydrogen-bond donors (Lipinski definition) is 2. The van der Waals surface area contributed by atoms with Gasteiger partial charge < -0.3 is 15.5 Å². The van der Waals surface area contributed by atoms with Crippen molar-refractivity contribution in [1.82, 2.24) is 10.2 Å². The Bertz CT molecular complexity index is 760. The third kappa shape index (κ3) is 7.23. The summed E-state index contributed by atoms with van der Waals surface area (Å²) < 4.78 is 12.9. The molecule has 1 saturated carbocycles. The molecule has 0 bridgehead atoms. The number of anilines is 1. The lowest BCUT2D eigenvalue weighted by atomic mass is 9.88. The molecule has 2 aliphatic rings. The molecule has 2 fully saturated rings. The van der Waals surface area contributed by atoms with E-state index in [9.17, 15) is 18.8 Å². The van der Waals surface area contributed by atoms with Crippen molar-refractivity contribution in [3.05, 3.63) is 30.1 Å². The van der Waals surface area contributed by atoms with Crippen molar-refractivity contribution in [2.75, 3.05) is 24.2 Å². The number of carbonyl (C=O) groups is 3. The van der Waals surface area contributed by atoms with Crippen molar-refractivity contribution in [3.63, 3.8) is 0 Å². The molecule has 1 aromatic carbocycles. The lowest BCUT2D eigenvalue weighted by Gasteiger charge is -2.34. The molecular formula is C23H32FN3O3S. The van der Waals surface area contributed by atoms with Gasteiger partial charge >= 0.3 is 0 Å². The number of likely N-dealkylation sites (tertiary alicyclic amines) is 1. The quantitative estimate of drug-likeness (QED) is 0.667. The highest BCUT2D eigenvalue weighted by Crippen LogP contribution is 2.24. The molecule has 0 aromatic heterocycles. The van der Waals surface area contributed by atoms with Crippen LogP contribution in [0.5, 0.6) is 0 Å². The van der Waals surface area contributed by atoms with Crippen LogP contribution in [-0.4, -0.2) is 52.8 Å². The third-order valence-electron chi connectivity index (χ3n) is 6.07. The van der Waals surface area contributed by atoms with Gasteiger partial charge in [0.2, 0.25) is 17.7 Å². The average Bonchev–Trinajstić information content (AvgIpc) is 2.79. The second kappa shape index (κ2) is 11.5. The van der Waals surface area contributed by atoms with Gasteiger partial charge in [-0.2, -0.15) is 0 Å². The Morgan fingerprint density at radius 2 is 1.71 bits per heavy atom. The maximum absolute atomic E-state index is 12.9. The number of nitrogens with zero attached hydrogens (tertiary/aromatic N) is 1. The highest BCUT2D eigenvalue weighted by atomic mass is 32.2. The molecule has 6 nitrogen and oxygen atoms in total. The van der Waals surface area contributed by atoms with E-state index in [0.29, 0.717) is 18.8 Å². The smallest absolute Gasteiger partial charge is 0.235 e. The van der Waals surface area contributed by atoms with Crippen LogP contribution in [0.3, 0.4) is 0 Å². The normalized spacial score (nSPS) is 19.0. The fraction of sp³-hybridized carbons (Fsp3) is 0.609. The fourth-order valence-corrected chi connectivity index (χ4v) is 4.95. The van der Waals surface area contributed by atoms with Crippen LogP contribution in [0.1, 0.15) is 51.9 Å². The zero-order chi connectivity index (χ0) is 22.2. The first-order chi connectivity index (χ1) is 14.9. The summed E-state index contributed by atoms with van der Waals surface area (Å²) >= 11 is 1.29. The first-order valence-electron chi connectivity index (χ1n) is 11.2. The molecule has 1 heterocycles. The van der Waals surface area contributed by atoms with Gasteiger partial charge in [0.1, 0.15) is 5.82 Å². The van der Waals surface area contributed by atoms with E-state index < -0.39 is 0 Å². The average molecular weight is 450 g/mol. The summed E-state index contributed by atoms with van der Waals surface area (Å²) in [5.74, 6) is -0.0644. The maximum atomic E-state index is 12.9. The zero-order valence-corrected chi connectivity index (χ0v) is 18.9. The summed E-state index contributed by atoms with van der Waals surface area (Å²) in [7, 11) is 0. The molecule has 2 N–H and O–H groups in total. The van der Waals surface area contributed by atoms with Crippen LogP contribution in [0.15, 0.2) is 24.3 Å². The van der Waals surface area contributed by atoms with Crippen molar-refractivity contribution < 1.29 is 18.8 Å². The van der Waals surface area contributed by atoms with Gasteiger partial charge in [-0.1, -0.05) is 19.3 Å². The summed E-state index contributed by atoms with van der Waals surface area (Å²) in [5, 5.41) is 5.56. The van der Waals surface area contributed by atoms with Crippen LogP contribution in [0.4, 0.5) is 10.1 Å².